The van der Waals surface area contributed by atoms with Crippen LogP contribution >= 0.6 is 0 Å². The van der Waals surface area contributed by atoms with Gasteiger partial charge in [0.15, 0.2) is 0 Å². The molecule has 0 aliphatic carbocycles. The molecule has 0 bridgehead atoms. The number of H-pyrrole nitrogens is 1. The molecule has 4 rings (SSSR count). The second-order valence-electron chi connectivity index (χ2n) is 6.82. The van der Waals surface area contributed by atoms with Gasteiger partial charge in [-0.3, -0.25) is 24.4 Å². The highest BCUT2D eigenvalue weighted by Crippen LogP contribution is 2.23. The van der Waals surface area contributed by atoms with E-state index in [-0.39, 0.29) is 30.6 Å². The normalized spacial score (nSPS) is 10.7. The Labute approximate surface area is 176 Å². The number of non-ortho nitro benzene ring substituents is 1. The van der Waals surface area contributed by atoms with Crippen LogP contribution in [0.4, 0.5) is 11.4 Å². The second-order valence-corrected chi connectivity index (χ2v) is 6.82. The van der Waals surface area contributed by atoms with Crippen LogP contribution in [0.1, 0.15) is 15.9 Å². The van der Waals surface area contributed by atoms with Crippen LogP contribution in [0.25, 0.3) is 10.9 Å². The number of nitrogens with zero attached hydrogens (tertiary/aromatic N) is 3. The first kappa shape index (κ1) is 19.8. The van der Waals surface area contributed by atoms with E-state index < -0.39 is 4.92 Å². The fraction of sp³-hybridized carbons (Fsp3) is 0.0952. The van der Waals surface area contributed by atoms with Gasteiger partial charge in [-0.1, -0.05) is 12.1 Å². The van der Waals surface area contributed by atoms with Crippen molar-refractivity contribution in [2.24, 2.45) is 0 Å². The first-order valence-corrected chi connectivity index (χ1v) is 9.39. The fourth-order valence-electron chi connectivity index (χ4n) is 3.19. The lowest BCUT2D eigenvalue weighted by Crippen LogP contribution is -2.23. The fourth-order valence-corrected chi connectivity index (χ4v) is 3.19. The zero-order valence-electron chi connectivity index (χ0n) is 16.2. The molecular formula is C21H18N6O4. The molecule has 10 heteroatoms. The first-order valence-electron chi connectivity index (χ1n) is 9.39. The summed E-state index contributed by atoms with van der Waals surface area (Å²) in [4.78, 5) is 38.2. The summed E-state index contributed by atoms with van der Waals surface area (Å²) >= 11 is 0. The molecule has 0 fully saturated rings. The van der Waals surface area contributed by atoms with Gasteiger partial charge in [0, 0.05) is 53.9 Å². The van der Waals surface area contributed by atoms with Gasteiger partial charge >= 0.3 is 0 Å². The van der Waals surface area contributed by atoms with Gasteiger partial charge in [0.05, 0.1) is 10.5 Å². The lowest BCUT2D eigenvalue weighted by molar-refractivity contribution is -0.384. The number of carbonyl (C=O) groups excluding carboxylic acids is 2. The molecule has 2 heterocycles. The highest BCUT2D eigenvalue weighted by atomic mass is 16.6. The summed E-state index contributed by atoms with van der Waals surface area (Å²) in [6.45, 7) is 0.323. The summed E-state index contributed by atoms with van der Waals surface area (Å²) < 4.78 is 1.52. The van der Waals surface area contributed by atoms with Crippen molar-refractivity contribution in [2.45, 2.75) is 13.1 Å². The Morgan fingerprint density at radius 1 is 1.16 bits per heavy atom. The number of aromatic nitrogens is 3. The number of benzene rings is 2. The quantitative estimate of drug-likeness (QED) is 0.313. The smallest absolute Gasteiger partial charge is 0.270 e. The summed E-state index contributed by atoms with van der Waals surface area (Å²) in [6.07, 6.45) is 4.82. The molecule has 0 unspecified atom stereocenters. The maximum atomic E-state index is 12.6. The average molecular weight is 418 g/mol. The standard InChI is InChI=1S/C21H18N6O4/c28-20(13-26-8-2-7-24-26)25-15-4-1-3-14(9-15)11-23-21(29)18-12-22-19-6-5-16(27(30)31)10-17(18)19/h1-10,12,22H,11,13H2,(H,23,29)(H,25,28). The molecule has 2 aromatic carbocycles. The van der Waals surface area contributed by atoms with E-state index in [0.717, 1.165) is 5.56 Å². The Balaban J connectivity index is 1.41. The Hall–Kier alpha value is -4.47. The molecule has 156 valence electrons. The molecule has 4 aromatic rings. The van der Waals surface area contributed by atoms with Gasteiger partial charge in [-0.05, 0) is 29.8 Å². The van der Waals surface area contributed by atoms with E-state index in [2.05, 4.69) is 20.7 Å². The number of rotatable bonds is 7. The van der Waals surface area contributed by atoms with Crippen molar-refractivity contribution >= 4 is 34.1 Å². The third-order valence-electron chi connectivity index (χ3n) is 4.65. The van der Waals surface area contributed by atoms with Gasteiger partial charge in [-0.15, -0.1) is 0 Å². The zero-order valence-corrected chi connectivity index (χ0v) is 16.2. The molecule has 3 N–H and O–H groups in total. The summed E-state index contributed by atoms with van der Waals surface area (Å²) in [7, 11) is 0. The monoisotopic (exact) mass is 418 g/mol. The lowest BCUT2D eigenvalue weighted by Gasteiger charge is -2.09. The third-order valence-corrected chi connectivity index (χ3v) is 4.65. The van der Waals surface area contributed by atoms with Crippen LogP contribution in [0.2, 0.25) is 0 Å². The van der Waals surface area contributed by atoms with Gasteiger partial charge in [0.25, 0.3) is 11.6 Å². The Kier molecular flexibility index (Phi) is 5.43. The number of fused-ring (bicyclic) bond motifs is 1. The molecule has 2 amide bonds. The molecular weight excluding hydrogens is 400 g/mol. The van der Waals surface area contributed by atoms with Crippen LogP contribution in [0, 0.1) is 10.1 Å². The number of hydrogen-bond donors (Lipinski definition) is 3. The largest absolute Gasteiger partial charge is 0.360 e. The van der Waals surface area contributed by atoms with Crippen LogP contribution in [0.3, 0.4) is 0 Å². The van der Waals surface area contributed by atoms with Crippen LogP contribution in [-0.4, -0.2) is 31.5 Å². The molecule has 2 aromatic heterocycles. The average Bonchev–Trinajstić information content (AvgIpc) is 3.41. The maximum Gasteiger partial charge on any atom is 0.270 e. The number of nitrogens with one attached hydrogen (secondary N) is 3. The molecule has 0 saturated carbocycles. The highest BCUT2D eigenvalue weighted by Gasteiger charge is 2.15. The molecule has 0 atom stereocenters. The molecule has 0 saturated heterocycles. The predicted molar refractivity (Wildman–Crippen MR) is 113 cm³/mol. The topological polar surface area (TPSA) is 135 Å². The van der Waals surface area contributed by atoms with Crippen molar-refractivity contribution in [2.75, 3.05) is 5.32 Å². The minimum absolute atomic E-state index is 0.0836. The van der Waals surface area contributed by atoms with E-state index in [0.29, 0.717) is 22.2 Å². The summed E-state index contributed by atoms with van der Waals surface area (Å²) in [6, 6.07) is 13.2. The summed E-state index contributed by atoms with van der Waals surface area (Å²) in [5, 5.41) is 21.1. The summed E-state index contributed by atoms with van der Waals surface area (Å²) in [5.74, 6) is -0.579. The van der Waals surface area contributed by atoms with Crippen molar-refractivity contribution in [1.29, 1.82) is 0 Å². The number of amides is 2. The van der Waals surface area contributed by atoms with E-state index in [9.17, 15) is 19.7 Å². The molecule has 0 spiro atoms. The first-order chi connectivity index (χ1) is 15.0. The number of nitro benzene ring substituents is 1. The minimum atomic E-state index is -0.500. The van der Waals surface area contributed by atoms with Crippen LogP contribution < -0.4 is 10.6 Å². The molecule has 10 nitrogen and oxygen atoms in total. The zero-order chi connectivity index (χ0) is 21.8. The predicted octanol–water partition coefficient (Wildman–Crippen LogP) is 2.84. The number of anilines is 1. The Bertz CT molecular complexity index is 1260. The van der Waals surface area contributed by atoms with Crippen LogP contribution in [0.5, 0.6) is 0 Å². The van der Waals surface area contributed by atoms with E-state index in [1.54, 1.807) is 42.7 Å². The molecule has 0 radical (unpaired) electrons. The molecule has 0 aliphatic rings. The number of aromatic amines is 1. The van der Waals surface area contributed by atoms with Crippen LogP contribution in [0.15, 0.2) is 67.1 Å². The number of carbonyl (C=O) groups is 2. The van der Waals surface area contributed by atoms with Gasteiger partial charge in [0.2, 0.25) is 5.91 Å². The Morgan fingerprint density at radius 2 is 2.03 bits per heavy atom. The van der Waals surface area contributed by atoms with Crippen LogP contribution in [-0.2, 0) is 17.9 Å². The van der Waals surface area contributed by atoms with Crippen molar-refractivity contribution in [3.05, 3.63) is 88.4 Å². The second kappa shape index (κ2) is 8.49. The third kappa shape index (κ3) is 4.58. The van der Waals surface area contributed by atoms with E-state index in [4.69, 9.17) is 0 Å². The molecule has 31 heavy (non-hydrogen) atoms. The maximum absolute atomic E-state index is 12.6. The minimum Gasteiger partial charge on any atom is -0.360 e. The van der Waals surface area contributed by atoms with Gasteiger partial charge in [-0.2, -0.15) is 5.10 Å². The summed E-state index contributed by atoms with van der Waals surface area (Å²) in [5.41, 5.74) is 2.27. The van der Waals surface area contributed by atoms with Gasteiger partial charge < -0.3 is 15.6 Å². The van der Waals surface area contributed by atoms with E-state index in [1.807, 2.05) is 6.07 Å². The van der Waals surface area contributed by atoms with Gasteiger partial charge in [-0.25, -0.2) is 0 Å². The molecule has 0 aliphatic heterocycles. The van der Waals surface area contributed by atoms with Crippen molar-refractivity contribution in [3.8, 4) is 0 Å². The van der Waals surface area contributed by atoms with Crippen molar-refractivity contribution in [3.63, 3.8) is 0 Å². The van der Waals surface area contributed by atoms with E-state index in [1.165, 1.54) is 23.0 Å². The number of nitro groups is 1. The van der Waals surface area contributed by atoms with E-state index >= 15 is 0 Å². The highest BCUT2D eigenvalue weighted by molar-refractivity contribution is 6.07. The van der Waals surface area contributed by atoms with Gasteiger partial charge in [0.1, 0.15) is 6.54 Å². The Morgan fingerprint density at radius 3 is 2.81 bits per heavy atom. The van der Waals surface area contributed by atoms with Crippen molar-refractivity contribution in [1.82, 2.24) is 20.1 Å². The lowest BCUT2D eigenvalue weighted by atomic mass is 10.1. The van der Waals surface area contributed by atoms with Crippen molar-refractivity contribution < 1.29 is 14.5 Å². The number of hydrogen-bond acceptors (Lipinski definition) is 5. The SMILES string of the molecule is O=C(Cn1cccn1)Nc1cccc(CNC(=O)c2c[nH]c3ccc([N+](=O)[O-])cc23)c1.